The minimum Gasteiger partial charge on any atom is -0.356 e. The van der Waals surface area contributed by atoms with E-state index >= 15 is 0 Å². The normalized spacial score (nSPS) is 10.2. The van der Waals surface area contributed by atoms with Gasteiger partial charge in [-0.15, -0.1) is 0 Å². The summed E-state index contributed by atoms with van der Waals surface area (Å²) in [6.45, 7) is 2.08. The molecule has 0 aliphatic heterocycles. The molecule has 0 unspecified atom stereocenters. The van der Waals surface area contributed by atoms with E-state index in [1.54, 1.807) is 12.3 Å². The highest BCUT2D eigenvalue weighted by Gasteiger charge is 2.08. The summed E-state index contributed by atoms with van der Waals surface area (Å²) in [6.07, 6.45) is 2.52. The number of halogens is 1. The first-order valence-electron chi connectivity index (χ1n) is 5.43. The Kier molecular flexibility index (Phi) is 3.49. The topological polar surface area (TPSA) is 44.9 Å². The van der Waals surface area contributed by atoms with Crippen molar-refractivity contribution in [3.05, 3.63) is 52.8 Å². The van der Waals surface area contributed by atoms with Crippen molar-refractivity contribution in [1.29, 1.82) is 0 Å². The third-order valence-corrected chi connectivity index (χ3v) is 2.70. The second-order valence-electron chi connectivity index (χ2n) is 3.74. The number of benzene rings is 1. The standard InChI is InChI=1S/C13H13ClN2O/c1-2-9-4-3-5-11(6-9)16-13(17)12-7-10(14)8-15-12/h3-8,15H,2H2,1H3,(H,16,17). The first-order chi connectivity index (χ1) is 8.19. The van der Waals surface area contributed by atoms with Crippen LogP contribution in [-0.4, -0.2) is 10.9 Å². The number of nitrogens with one attached hydrogen (secondary N) is 2. The molecule has 0 fully saturated rings. The maximum atomic E-state index is 11.8. The molecule has 1 heterocycles. The minimum absolute atomic E-state index is 0.190. The summed E-state index contributed by atoms with van der Waals surface area (Å²) in [4.78, 5) is 14.6. The molecule has 0 saturated carbocycles. The summed E-state index contributed by atoms with van der Waals surface area (Å²) >= 11 is 5.74. The number of anilines is 1. The molecule has 2 aromatic rings. The molecule has 1 amide bonds. The Labute approximate surface area is 105 Å². The summed E-state index contributed by atoms with van der Waals surface area (Å²) < 4.78 is 0. The number of carbonyl (C=O) groups is 1. The van der Waals surface area contributed by atoms with Crippen LogP contribution >= 0.6 is 11.6 Å². The van der Waals surface area contributed by atoms with E-state index in [9.17, 15) is 4.79 Å². The van der Waals surface area contributed by atoms with Gasteiger partial charge in [0.2, 0.25) is 0 Å². The second kappa shape index (κ2) is 5.06. The van der Waals surface area contributed by atoms with Crippen molar-refractivity contribution in [2.75, 3.05) is 5.32 Å². The van der Waals surface area contributed by atoms with Gasteiger partial charge in [0.1, 0.15) is 5.69 Å². The van der Waals surface area contributed by atoms with Gasteiger partial charge in [-0.3, -0.25) is 4.79 Å². The zero-order valence-electron chi connectivity index (χ0n) is 9.46. The van der Waals surface area contributed by atoms with Crippen molar-refractivity contribution in [2.45, 2.75) is 13.3 Å². The fraction of sp³-hybridized carbons (Fsp3) is 0.154. The summed E-state index contributed by atoms with van der Waals surface area (Å²) in [5, 5.41) is 3.34. The van der Waals surface area contributed by atoms with Gasteiger partial charge in [-0.2, -0.15) is 0 Å². The van der Waals surface area contributed by atoms with Gasteiger partial charge in [0, 0.05) is 11.9 Å². The lowest BCUT2D eigenvalue weighted by molar-refractivity contribution is 0.102. The highest BCUT2D eigenvalue weighted by molar-refractivity contribution is 6.31. The molecular formula is C13H13ClN2O. The number of hydrogen-bond donors (Lipinski definition) is 2. The average molecular weight is 249 g/mol. The fourth-order valence-electron chi connectivity index (χ4n) is 1.57. The number of carbonyl (C=O) groups excluding carboxylic acids is 1. The molecule has 0 radical (unpaired) electrons. The molecule has 4 heteroatoms. The van der Waals surface area contributed by atoms with Crippen LogP contribution in [0.3, 0.4) is 0 Å². The molecule has 88 valence electrons. The number of aromatic nitrogens is 1. The van der Waals surface area contributed by atoms with Crippen molar-refractivity contribution in [1.82, 2.24) is 4.98 Å². The Bertz CT molecular complexity index is 534. The van der Waals surface area contributed by atoms with Gasteiger partial charge >= 0.3 is 0 Å². The van der Waals surface area contributed by atoms with E-state index in [-0.39, 0.29) is 5.91 Å². The Morgan fingerprint density at radius 2 is 2.24 bits per heavy atom. The largest absolute Gasteiger partial charge is 0.356 e. The number of H-pyrrole nitrogens is 1. The molecule has 0 aliphatic carbocycles. The maximum Gasteiger partial charge on any atom is 0.272 e. The third kappa shape index (κ3) is 2.88. The van der Waals surface area contributed by atoms with Gasteiger partial charge in [0.25, 0.3) is 5.91 Å². The molecule has 0 aliphatic rings. The van der Waals surface area contributed by atoms with E-state index in [2.05, 4.69) is 17.2 Å². The lowest BCUT2D eigenvalue weighted by Crippen LogP contribution is -2.12. The van der Waals surface area contributed by atoms with Crippen LogP contribution in [-0.2, 0) is 6.42 Å². The molecule has 1 aromatic heterocycles. The maximum absolute atomic E-state index is 11.8. The lowest BCUT2D eigenvalue weighted by Gasteiger charge is -2.05. The Hall–Kier alpha value is -1.74. The van der Waals surface area contributed by atoms with Gasteiger partial charge in [0.05, 0.1) is 5.02 Å². The zero-order valence-corrected chi connectivity index (χ0v) is 10.2. The SMILES string of the molecule is CCc1cccc(NC(=O)c2cc(Cl)c[nH]2)c1. The Morgan fingerprint density at radius 3 is 2.88 bits per heavy atom. The van der Waals surface area contributed by atoms with Crippen LogP contribution in [0.5, 0.6) is 0 Å². The van der Waals surface area contributed by atoms with Crippen molar-refractivity contribution < 1.29 is 4.79 Å². The summed E-state index contributed by atoms with van der Waals surface area (Å²) in [6, 6.07) is 9.38. The van der Waals surface area contributed by atoms with Gasteiger partial charge < -0.3 is 10.3 Å². The predicted octanol–water partition coefficient (Wildman–Crippen LogP) is 3.48. The number of aromatic amines is 1. The number of rotatable bonds is 3. The van der Waals surface area contributed by atoms with Gasteiger partial charge in [0.15, 0.2) is 0 Å². The highest BCUT2D eigenvalue weighted by Crippen LogP contribution is 2.14. The Balaban J connectivity index is 2.12. The number of amides is 1. The predicted molar refractivity (Wildman–Crippen MR) is 69.6 cm³/mol. The van der Waals surface area contributed by atoms with Crippen LogP contribution in [0.2, 0.25) is 5.02 Å². The van der Waals surface area contributed by atoms with Crippen LogP contribution < -0.4 is 5.32 Å². The van der Waals surface area contributed by atoms with E-state index in [4.69, 9.17) is 11.6 Å². The third-order valence-electron chi connectivity index (χ3n) is 2.49. The summed E-state index contributed by atoms with van der Waals surface area (Å²) in [5.74, 6) is -0.190. The van der Waals surface area contributed by atoms with E-state index in [0.29, 0.717) is 10.7 Å². The lowest BCUT2D eigenvalue weighted by atomic mass is 10.1. The van der Waals surface area contributed by atoms with E-state index in [1.165, 1.54) is 5.56 Å². The van der Waals surface area contributed by atoms with Crippen LogP contribution in [0.25, 0.3) is 0 Å². The zero-order chi connectivity index (χ0) is 12.3. The average Bonchev–Trinajstić information content (AvgIpc) is 2.76. The molecule has 1 aromatic carbocycles. The molecule has 0 atom stereocenters. The molecular weight excluding hydrogens is 236 g/mol. The quantitative estimate of drug-likeness (QED) is 0.858. The molecule has 0 bridgehead atoms. The monoisotopic (exact) mass is 248 g/mol. The Morgan fingerprint density at radius 1 is 1.41 bits per heavy atom. The second-order valence-corrected chi connectivity index (χ2v) is 4.18. The first kappa shape index (κ1) is 11.7. The number of aryl methyl sites for hydroxylation is 1. The van der Waals surface area contributed by atoms with E-state index in [1.807, 2.05) is 24.3 Å². The number of hydrogen-bond acceptors (Lipinski definition) is 1. The van der Waals surface area contributed by atoms with Crippen LogP contribution in [0.15, 0.2) is 36.5 Å². The van der Waals surface area contributed by atoms with Crippen molar-refractivity contribution in [3.63, 3.8) is 0 Å². The summed E-state index contributed by atoms with van der Waals surface area (Å²) in [7, 11) is 0. The van der Waals surface area contributed by atoms with Crippen LogP contribution in [0.4, 0.5) is 5.69 Å². The van der Waals surface area contributed by atoms with Crippen LogP contribution in [0.1, 0.15) is 23.0 Å². The van der Waals surface area contributed by atoms with Gasteiger partial charge in [-0.25, -0.2) is 0 Å². The molecule has 3 nitrogen and oxygen atoms in total. The van der Waals surface area contributed by atoms with E-state index < -0.39 is 0 Å². The van der Waals surface area contributed by atoms with Crippen molar-refractivity contribution >= 4 is 23.2 Å². The van der Waals surface area contributed by atoms with Crippen molar-refractivity contribution in [3.8, 4) is 0 Å². The summed E-state index contributed by atoms with van der Waals surface area (Å²) in [5.41, 5.74) is 2.43. The first-order valence-corrected chi connectivity index (χ1v) is 5.81. The van der Waals surface area contributed by atoms with Gasteiger partial charge in [-0.05, 0) is 30.2 Å². The van der Waals surface area contributed by atoms with Crippen LogP contribution in [0, 0.1) is 0 Å². The minimum atomic E-state index is -0.190. The van der Waals surface area contributed by atoms with Gasteiger partial charge in [-0.1, -0.05) is 30.7 Å². The molecule has 2 N–H and O–H groups in total. The highest BCUT2D eigenvalue weighted by atomic mass is 35.5. The molecule has 17 heavy (non-hydrogen) atoms. The fourth-order valence-corrected chi connectivity index (χ4v) is 1.73. The molecule has 2 rings (SSSR count). The molecule has 0 spiro atoms. The van der Waals surface area contributed by atoms with E-state index in [0.717, 1.165) is 12.1 Å². The smallest absolute Gasteiger partial charge is 0.272 e. The molecule has 0 saturated heterocycles. The van der Waals surface area contributed by atoms with Crippen molar-refractivity contribution in [2.24, 2.45) is 0 Å².